The standard InChI is InChI=1S/C14H7ClF3N3O3/c15-9-2-1-3-10(4-9)21-12(14(16,17)18)11(6-19-21)24-13(22)8-5-20-23-7-8/h1-7H. The van der Waals surface area contributed by atoms with Crippen molar-refractivity contribution in [3.05, 3.63) is 59.2 Å². The highest BCUT2D eigenvalue weighted by Crippen LogP contribution is 2.38. The molecule has 2 aromatic heterocycles. The van der Waals surface area contributed by atoms with Gasteiger partial charge in [0.15, 0.2) is 11.4 Å². The third-order valence-corrected chi connectivity index (χ3v) is 3.16. The minimum Gasteiger partial charge on any atom is -0.419 e. The van der Waals surface area contributed by atoms with E-state index in [1.807, 2.05) is 0 Å². The molecule has 2 heterocycles. The summed E-state index contributed by atoms with van der Waals surface area (Å²) >= 11 is 5.79. The molecule has 10 heteroatoms. The average molecular weight is 358 g/mol. The van der Waals surface area contributed by atoms with E-state index in [0.29, 0.717) is 4.68 Å². The summed E-state index contributed by atoms with van der Waals surface area (Å²) in [5.74, 6) is -1.79. The van der Waals surface area contributed by atoms with Crippen LogP contribution in [0.2, 0.25) is 5.02 Å². The van der Waals surface area contributed by atoms with Gasteiger partial charge in [0.2, 0.25) is 0 Å². The van der Waals surface area contributed by atoms with Crippen LogP contribution in [-0.2, 0) is 6.18 Å². The van der Waals surface area contributed by atoms with Gasteiger partial charge in [-0.05, 0) is 18.2 Å². The molecular formula is C14H7ClF3N3O3. The fraction of sp³-hybridized carbons (Fsp3) is 0.0714. The van der Waals surface area contributed by atoms with Crippen molar-refractivity contribution in [3.63, 3.8) is 0 Å². The number of esters is 1. The number of hydrogen-bond donors (Lipinski definition) is 0. The minimum atomic E-state index is -4.82. The van der Waals surface area contributed by atoms with Crippen molar-refractivity contribution in [1.82, 2.24) is 14.9 Å². The number of nitrogens with zero attached hydrogens (tertiary/aromatic N) is 3. The molecule has 6 nitrogen and oxygen atoms in total. The summed E-state index contributed by atoms with van der Waals surface area (Å²) in [6.45, 7) is 0. The number of ether oxygens (including phenoxy) is 1. The molecule has 0 atom stereocenters. The van der Waals surface area contributed by atoms with E-state index in [1.54, 1.807) is 0 Å². The highest BCUT2D eigenvalue weighted by Gasteiger charge is 2.40. The van der Waals surface area contributed by atoms with Crippen molar-refractivity contribution in [2.75, 3.05) is 0 Å². The molecule has 0 saturated carbocycles. The van der Waals surface area contributed by atoms with Gasteiger partial charge in [-0.2, -0.15) is 18.3 Å². The molecule has 0 unspecified atom stereocenters. The van der Waals surface area contributed by atoms with Gasteiger partial charge in [-0.3, -0.25) is 0 Å². The van der Waals surface area contributed by atoms with E-state index in [2.05, 4.69) is 14.8 Å². The van der Waals surface area contributed by atoms with Gasteiger partial charge in [-0.15, -0.1) is 0 Å². The molecule has 0 aliphatic heterocycles. The van der Waals surface area contributed by atoms with Gasteiger partial charge in [0.25, 0.3) is 0 Å². The van der Waals surface area contributed by atoms with E-state index < -0.39 is 23.6 Å². The Hall–Kier alpha value is -2.81. The second-order valence-electron chi connectivity index (χ2n) is 4.55. The molecule has 3 aromatic rings. The Morgan fingerprint density at radius 3 is 2.71 bits per heavy atom. The van der Waals surface area contributed by atoms with E-state index in [1.165, 1.54) is 24.3 Å². The molecule has 0 N–H and O–H groups in total. The van der Waals surface area contributed by atoms with Gasteiger partial charge >= 0.3 is 12.1 Å². The van der Waals surface area contributed by atoms with Gasteiger partial charge in [-0.1, -0.05) is 22.8 Å². The smallest absolute Gasteiger partial charge is 0.419 e. The predicted molar refractivity (Wildman–Crippen MR) is 75.0 cm³/mol. The molecule has 0 fully saturated rings. The maximum atomic E-state index is 13.4. The van der Waals surface area contributed by atoms with Gasteiger partial charge in [-0.25, -0.2) is 9.48 Å². The predicted octanol–water partition coefficient (Wildman–Crippen LogP) is 3.75. The highest BCUT2D eigenvalue weighted by molar-refractivity contribution is 6.30. The van der Waals surface area contributed by atoms with Gasteiger partial charge in [0, 0.05) is 5.02 Å². The molecule has 24 heavy (non-hydrogen) atoms. The first kappa shape index (κ1) is 16.1. The van der Waals surface area contributed by atoms with Crippen LogP contribution in [0, 0.1) is 0 Å². The molecule has 0 saturated heterocycles. The summed E-state index contributed by atoms with van der Waals surface area (Å²) in [5, 5.41) is 7.17. The molecule has 0 spiro atoms. The van der Waals surface area contributed by atoms with Crippen LogP contribution in [0.5, 0.6) is 5.75 Å². The van der Waals surface area contributed by atoms with Crippen LogP contribution in [0.1, 0.15) is 16.1 Å². The van der Waals surface area contributed by atoms with Crippen LogP contribution >= 0.6 is 11.6 Å². The SMILES string of the molecule is O=C(Oc1cnn(-c2cccc(Cl)c2)c1C(F)(F)F)c1cnoc1. The number of hydrogen-bond acceptors (Lipinski definition) is 5. The number of halogens is 4. The van der Waals surface area contributed by atoms with Crippen molar-refractivity contribution < 1.29 is 27.2 Å². The van der Waals surface area contributed by atoms with Crippen LogP contribution in [0.3, 0.4) is 0 Å². The van der Waals surface area contributed by atoms with Crippen LogP contribution in [0.4, 0.5) is 13.2 Å². The molecular weight excluding hydrogens is 351 g/mol. The van der Waals surface area contributed by atoms with Gasteiger partial charge in [0.05, 0.1) is 18.1 Å². The lowest BCUT2D eigenvalue weighted by Gasteiger charge is -2.12. The number of carbonyl (C=O) groups is 1. The number of alkyl halides is 3. The topological polar surface area (TPSA) is 70.2 Å². The quantitative estimate of drug-likeness (QED) is 0.668. The first-order valence-electron chi connectivity index (χ1n) is 6.39. The first-order chi connectivity index (χ1) is 11.4. The first-order valence-corrected chi connectivity index (χ1v) is 6.77. The second kappa shape index (κ2) is 6.00. The molecule has 124 valence electrons. The van der Waals surface area contributed by atoms with Crippen LogP contribution < -0.4 is 4.74 Å². The Labute approximate surface area is 137 Å². The van der Waals surface area contributed by atoms with E-state index in [4.69, 9.17) is 16.3 Å². The van der Waals surface area contributed by atoms with Crippen molar-refractivity contribution in [2.45, 2.75) is 6.18 Å². The third-order valence-electron chi connectivity index (χ3n) is 2.93. The van der Waals surface area contributed by atoms with Gasteiger partial charge < -0.3 is 9.26 Å². The summed E-state index contributed by atoms with van der Waals surface area (Å²) in [4.78, 5) is 11.8. The van der Waals surface area contributed by atoms with E-state index in [0.717, 1.165) is 18.7 Å². The third kappa shape index (κ3) is 3.11. The maximum absolute atomic E-state index is 13.4. The summed E-state index contributed by atoms with van der Waals surface area (Å²) in [5.41, 5.74) is -1.30. The minimum absolute atomic E-state index is 0.0714. The van der Waals surface area contributed by atoms with E-state index in [9.17, 15) is 18.0 Å². The van der Waals surface area contributed by atoms with E-state index in [-0.39, 0.29) is 16.3 Å². The maximum Gasteiger partial charge on any atom is 0.437 e. The van der Waals surface area contributed by atoms with Crippen LogP contribution in [0.25, 0.3) is 5.69 Å². The normalized spacial score (nSPS) is 11.5. The van der Waals surface area contributed by atoms with Crippen molar-refractivity contribution >= 4 is 17.6 Å². The summed E-state index contributed by atoms with van der Waals surface area (Å²) in [6.07, 6.45) is -2.04. The summed E-state index contributed by atoms with van der Waals surface area (Å²) in [7, 11) is 0. The van der Waals surface area contributed by atoms with Crippen molar-refractivity contribution in [1.29, 1.82) is 0 Å². The fourth-order valence-electron chi connectivity index (χ4n) is 1.94. The zero-order chi connectivity index (χ0) is 17.3. The number of carbonyl (C=O) groups excluding carboxylic acids is 1. The van der Waals surface area contributed by atoms with Crippen LogP contribution in [0.15, 0.2) is 47.4 Å². The molecule has 3 rings (SSSR count). The van der Waals surface area contributed by atoms with Gasteiger partial charge in [0.1, 0.15) is 11.8 Å². The summed E-state index contributed by atoms with van der Waals surface area (Å²) in [6, 6.07) is 5.67. The Morgan fingerprint density at radius 1 is 1.29 bits per heavy atom. The molecule has 1 aromatic carbocycles. The zero-order valence-corrected chi connectivity index (χ0v) is 12.4. The largest absolute Gasteiger partial charge is 0.437 e. The lowest BCUT2D eigenvalue weighted by molar-refractivity contribution is -0.143. The average Bonchev–Trinajstić information content (AvgIpc) is 3.16. The second-order valence-corrected chi connectivity index (χ2v) is 4.99. The molecule has 0 aliphatic carbocycles. The lowest BCUT2D eigenvalue weighted by Crippen LogP contribution is -2.16. The van der Waals surface area contributed by atoms with Crippen LogP contribution in [-0.4, -0.2) is 20.9 Å². The number of benzene rings is 1. The Bertz CT molecular complexity index is 875. The lowest BCUT2D eigenvalue weighted by atomic mass is 10.3. The fourth-order valence-corrected chi connectivity index (χ4v) is 2.12. The zero-order valence-electron chi connectivity index (χ0n) is 11.6. The molecule has 0 bridgehead atoms. The number of rotatable bonds is 3. The summed E-state index contributed by atoms with van der Waals surface area (Å²) < 4.78 is 50.0. The Kier molecular flexibility index (Phi) is 4.02. The number of aromatic nitrogens is 3. The molecule has 0 radical (unpaired) electrons. The Morgan fingerprint density at radius 2 is 2.08 bits per heavy atom. The molecule has 0 aliphatic rings. The molecule has 0 amide bonds. The van der Waals surface area contributed by atoms with E-state index >= 15 is 0 Å². The van der Waals surface area contributed by atoms with Crippen molar-refractivity contribution in [3.8, 4) is 11.4 Å². The Balaban J connectivity index is 2.03. The monoisotopic (exact) mass is 357 g/mol. The van der Waals surface area contributed by atoms with Crippen molar-refractivity contribution in [2.24, 2.45) is 0 Å². The highest BCUT2D eigenvalue weighted by atomic mass is 35.5.